The minimum atomic E-state index is -3.46. The van der Waals surface area contributed by atoms with E-state index >= 15 is 0 Å². The van der Waals surface area contributed by atoms with Gasteiger partial charge in [-0.3, -0.25) is 9.36 Å². The molecule has 0 saturated carbocycles. The van der Waals surface area contributed by atoms with Crippen molar-refractivity contribution in [1.29, 1.82) is 0 Å². The van der Waals surface area contributed by atoms with Gasteiger partial charge in [0.05, 0.1) is 0 Å². The van der Waals surface area contributed by atoms with Crippen molar-refractivity contribution in [1.82, 2.24) is 0 Å². The summed E-state index contributed by atoms with van der Waals surface area (Å²) in [6, 6.07) is 0. The van der Waals surface area contributed by atoms with Crippen molar-refractivity contribution in [3.05, 3.63) is 0 Å². The normalized spacial score (nSPS) is 14.2. The third kappa shape index (κ3) is 10.8. The van der Waals surface area contributed by atoms with Crippen molar-refractivity contribution in [2.45, 2.75) is 65.7 Å². The van der Waals surface area contributed by atoms with Crippen LogP contribution in [0.2, 0.25) is 39.3 Å². The number of carbonyl (C=O) groups excluding carboxylic acids is 1. The summed E-state index contributed by atoms with van der Waals surface area (Å²) in [5.41, 5.74) is -0.611. The lowest BCUT2D eigenvalue weighted by Crippen LogP contribution is -2.33. The second kappa shape index (κ2) is 6.44. The molecule has 0 aromatic rings. The second-order valence-corrected chi connectivity index (χ2v) is 19.2. The van der Waals surface area contributed by atoms with Gasteiger partial charge in [0.15, 0.2) is 16.6 Å². The number of rotatable bonds is 6. The van der Waals surface area contributed by atoms with Crippen molar-refractivity contribution in [3.8, 4) is 0 Å². The van der Waals surface area contributed by atoms with Crippen LogP contribution in [0.5, 0.6) is 0 Å². The zero-order valence-electron chi connectivity index (χ0n) is 14.2. The van der Waals surface area contributed by atoms with Crippen LogP contribution in [0.15, 0.2) is 0 Å². The highest BCUT2D eigenvalue weighted by atomic mass is 31.2. The summed E-state index contributed by atoms with van der Waals surface area (Å²) in [7, 11) is -7.64. The maximum atomic E-state index is 12.9. The maximum absolute atomic E-state index is 12.9. The molecule has 0 aliphatic carbocycles. The van der Waals surface area contributed by atoms with Gasteiger partial charge in [-0.2, -0.15) is 0 Å². The Morgan fingerprint density at radius 2 is 1.30 bits per heavy atom. The van der Waals surface area contributed by atoms with E-state index in [1.165, 1.54) is 0 Å². The Balaban J connectivity index is 5.05. The van der Waals surface area contributed by atoms with Gasteiger partial charge >= 0.3 is 13.6 Å². The summed E-state index contributed by atoms with van der Waals surface area (Å²) in [5, 5.41) is 0. The first-order valence-corrected chi connectivity index (χ1v) is 15.3. The summed E-state index contributed by atoms with van der Waals surface area (Å²) < 4.78 is 29.5. The molecule has 0 rings (SSSR count). The highest BCUT2D eigenvalue weighted by Gasteiger charge is 2.39. The van der Waals surface area contributed by atoms with Crippen LogP contribution in [0, 0.1) is 0 Å². The van der Waals surface area contributed by atoms with E-state index in [1.807, 2.05) is 39.3 Å². The number of carbonyl (C=O) groups is 1. The Hall–Kier alpha value is 0.0538. The minimum absolute atomic E-state index is 0.321. The Morgan fingerprint density at radius 3 is 1.55 bits per heavy atom. The molecule has 0 N–H and O–H groups in total. The quantitative estimate of drug-likeness (QED) is 0.411. The average molecular weight is 341 g/mol. The predicted octanol–water partition coefficient (Wildman–Crippen LogP) is 4.22. The largest absolute Gasteiger partial charge is 0.459 e. The van der Waals surface area contributed by atoms with Gasteiger partial charge in [0.25, 0.3) is 0 Å². The first-order valence-electron chi connectivity index (χ1n) is 6.74. The van der Waals surface area contributed by atoms with Crippen molar-refractivity contribution >= 4 is 30.2 Å². The Labute approximate surface area is 125 Å². The smallest absolute Gasteiger partial charge is 0.322 e. The van der Waals surface area contributed by atoms with Crippen molar-refractivity contribution in [2.24, 2.45) is 0 Å². The molecule has 0 bridgehead atoms. The topological polar surface area (TPSA) is 61.8 Å². The standard InChI is InChI=1S/C12H29O5PSi2/c1-12(2,3)15-11(13)10-18(14,16-19(4,5)6)17-20(7,8)9/h10H2,1-9H3. The van der Waals surface area contributed by atoms with Gasteiger partial charge < -0.3 is 13.2 Å². The van der Waals surface area contributed by atoms with Gasteiger partial charge in [-0.1, -0.05) is 0 Å². The first kappa shape index (κ1) is 20.1. The van der Waals surface area contributed by atoms with Crippen LogP contribution in [0.3, 0.4) is 0 Å². The van der Waals surface area contributed by atoms with Gasteiger partial charge in [0.1, 0.15) is 11.8 Å². The lowest BCUT2D eigenvalue weighted by molar-refractivity contribution is -0.151. The molecule has 0 radical (unpaired) electrons. The zero-order valence-corrected chi connectivity index (χ0v) is 17.1. The van der Waals surface area contributed by atoms with Crippen molar-refractivity contribution in [3.63, 3.8) is 0 Å². The van der Waals surface area contributed by atoms with E-state index in [0.29, 0.717) is 0 Å². The van der Waals surface area contributed by atoms with Gasteiger partial charge in [-0.15, -0.1) is 0 Å². The van der Waals surface area contributed by atoms with Crippen molar-refractivity contribution < 1.29 is 22.5 Å². The van der Waals surface area contributed by atoms with E-state index < -0.39 is 35.8 Å². The van der Waals surface area contributed by atoms with Crippen LogP contribution in [-0.4, -0.2) is 34.4 Å². The van der Waals surface area contributed by atoms with E-state index in [1.54, 1.807) is 20.8 Å². The fourth-order valence-electron chi connectivity index (χ4n) is 1.45. The molecular weight excluding hydrogens is 311 g/mol. The lowest BCUT2D eigenvalue weighted by atomic mass is 10.2. The molecule has 0 aliphatic heterocycles. The zero-order chi connectivity index (χ0) is 16.4. The third-order valence-corrected chi connectivity index (χ3v) is 8.82. The molecule has 0 aromatic heterocycles. The van der Waals surface area contributed by atoms with Gasteiger partial charge in [-0.05, 0) is 60.1 Å². The lowest BCUT2D eigenvalue weighted by Gasteiger charge is -2.31. The number of ether oxygens (including phenoxy) is 1. The van der Waals surface area contributed by atoms with Crippen molar-refractivity contribution in [2.75, 3.05) is 6.16 Å². The highest BCUT2D eigenvalue weighted by Crippen LogP contribution is 2.52. The van der Waals surface area contributed by atoms with E-state index in [4.69, 9.17) is 13.2 Å². The van der Waals surface area contributed by atoms with E-state index in [0.717, 1.165) is 0 Å². The molecule has 120 valence electrons. The Bertz CT molecular complexity index is 370. The molecule has 0 aromatic carbocycles. The van der Waals surface area contributed by atoms with Crippen LogP contribution < -0.4 is 0 Å². The van der Waals surface area contributed by atoms with Crippen LogP contribution in [0.1, 0.15) is 20.8 Å². The molecule has 0 saturated heterocycles. The summed E-state index contributed by atoms with van der Waals surface area (Å²) in [6.07, 6.45) is -0.321. The minimum Gasteiger partial charge on any atom is -0.459 e. The number of hydrogen-bond donors (Lipinski definition) is 0. The predicted molar refractivity (Wildman–Crippen MR) is 87.2 cm³/mol. The fraction of sp³-hybridized carbons (Fsp3) is 0.917. The number of esters is 1. The highest BCUT2D eigenvalue weighted by molar-refractivity contribution is 7.58. The molecule has 5 nitrogen and oxygen atoms in total. The Kier molecular flexibility index (Phi) is 6.46. The number of hydrogen-bond acceptors (Lipinski definition) is 5. The summed E-state index contributed by atoms with van der Waals surface area (Å²) >= 11 is 0. The molecule has 20 heavy (non-hydrogen) atoms. The van der Waals surface area contributed by atoms with Crippen LogP contribution in [0.25, 0.3) is 0 Å². The third-order valence-electron chi connectivity index (χ3n) is 1.57. The monoisotopic (exact) mass is 340 g/mol. The molecule has 0 unspecified atom stereocenters. The molecule has 8 heteroatoms. The molecule has 0 fully saturated rings. The SMILES string of the molecule is CC(C)(C)OC(=O)CP(=O)(O[Si](C)(C)C)O[Si](C)(C)C. The molecule has 0 amide bonds. The maximum Gasteiger partial charge on any atom is 0.322 e. The second-order valence-electron chi connectivity index (χ2n) is 7.76. The summed E-state index contributed by atoms with van der Waals surface area (Å²) in [6.45, 7) is 16.8. The molecule has 0 heterocycles. The van der Waals surface area contributed by atoms with Gasteiger partial charge in [0.2, 0.25) is 0 Å². The van der Waals surface area contributed by atoms with Gasteiger partial charge in [0, 0.05) is 0 Å². The van der Waals surface area contributed by atoms with E-state index in [2.05, 4.69) is 0 Å². The first-order chi connectivity index (χ1) is 8.52. The van der Waals surface area contributed by atoms with Crippen LogP contribution in [-0.2, 0) is 22.5 Å². The molecule has 0 spiro atoms. The Morgan fingerprint density at radius 1 is 0.950 bits per heavy atom. The van der Waals surface area contributed by atoms with E-state index in [9.17, 15) is 9.36 Å². The summed E-state index contributed by atoms with van der Waals surface area (Å²) in [4.78, 5) is 11.9. The van der Waals surface area contributed by atoms with Crippen LogP contribution >= 0.6 is 7.60 Å². The van der Waals surface area contributed by atoms with E-state index in [-0.39, 0.29) is 6.16 Å². The molecular formula is C12H29O5PSi2. The fourth-order valence-corrected chi connectivity index (χ4v) is 9.51. The van der Waals surface area contributed by atoms with Gasteiger partial charge in [-0.25, -0.2) is 0 Å². The van der Waals surface area contributed by atoms with Crippen LogP contribution in [0.4, 0.5) is 0 Å². The summed E-state index contributed by atoms with van der Waals surface area (Å²) in [5.74, 6) is -0.544. The molecule has 0 aliphatic rings. The molecule has 0 atom stereocenters. The average Bonchev–Trinajstić information content (AvgIpc) is 1.86.